The highest BCUT2D eigenvalue weighted by atomic mass is 19.1. The summed E-state index contributed by atoms with van der Waals surface area (Å²) in [6.07, 6.45) is 0.631. The van der Waals surface area contributed by atoms with Crippen molar-refractivity contribution in [1.82, 2.24) is 10.6 Å². The minimum absolute atomic E-state index is 0.172. The molecule has 6 nitrogen and oxygen atoms in total. The molecule has 4 N–H and O–H groups in total. The van der Waals surface area contributed by atoms with E-state index in [1.54, 1.807) is 4.90 Å². The van der Waals surface area contributed by atoms with Gasteiger partial charge in [0.05, 0.1) is 5.69 Å². The predicted octanol–water partition coefficient (Wildman–Crippen LogP) is 0.717. The zero-order valence-corrected chi connectivity index (χ0v) is 12.1. The summed E-state index contributed by atoms with van der Waals surface area (Å²) in [4.78, 5) is 24.3. The molecule has 1 fully saturated rings. The van der Waals surface area contributed by atoms with Crippen LogP contribution in [-0.2, 0) is 4.79 Å². The highest BCUT2D eigenvalue weighted by Gasteiger charge is 2.27. The third-order valence-electron chi connectivity index (χ3n) is 3.54. The average Bonchev–Trinajstić information content (AvgIpc) is 2.86. The Morgan fingerprint density at radius 3 is 2.77 bits per heavy atom. The van der Waals surface area contributed by atoms with Crippen LogP contribution in [0.4, 0.5) is 19.3 Å². The number of anilines is 1. The number of primary amides is 1. The number of nitrogens with two attached hydrogens (primary N) is 1. The zero-order chi connectivity index (χ0) is 16.3. The molecule has 1 aromatic rings. The summed E-state index contributed by atoms with van der Waals surface area (Å²) in [6, 6.07) is 1.72. The van der Waals surface area contributed by atoms with Gasteiger partial charge in [0.2, 0.25) is 5.91 Å². The van der Waals surface area contributed by atoms with Gasteiger partial charge < -0.3 is 21.3 Å². The molecule has 1 aromatic carbocycles. The maximum atomic E-state index is 13.7. The minimum atomic E-state index is -0.774. The highest BCUT2D eigenvalue weighted by Crippen LogP contribution is 2.24. The lowest BCUT2D eigenvalue weighted by molar-refractivity contribution is -0.123. The quantitative estimate of drug-likeness (QED) is 0.765. The molecule has 3 amide bonds. The molecule has 0 radical (unpaired) electrons. The van der Waals surface area contributed by atoms with Gasteiger partial charge in [-0.25, -0.2) is 13.6 Å². The van der Waals surface area contributed by atoms with Gasteiger partial charge in [0, 0.05) is 25.2 Å². The second kappa shape index (κ2) is 6.59. The Bertz CT molecular complexity index is 582. The third-order valence-corrected chi connectivity index (χ3v) is 3.54. The van der Waals surface area contributed by atoms with E-state index in [-0.39, 0.29) is 11.9 Å². The molecule has 0 saturated carbocycles. The van der Waals surface area contributed by atoms with E-state index in [1.165, 1.54) is 19.1 Å². The van der Waals surface area contributed by atoms with Gasteiger partial charge in [-0.15, -0.1) is 0 Å². The van der Waals surface area contributed by atoms with Crippen molar-refractivity contribution in [3.63, 3.8) is 0 Å². The van der Waals surface area contributed by atoms with Crippen molar-refractivity contribution >= 4 is 17.6 Å². The van der Waals surface area contributed by atoms with Gasteiger partial charge >= 0.3 is 6.03 Å². The fraction of sp³-hybridized carbons (Fsp3) is 0.429. The normalized spacial score (nSPS) is 18.9. The standard InChI is InChI=1S/C14H18F2N4O2/c1-8(18-14(17)22)13(21)19-10-4-5-20(7-10)12-3-2-9(15)6-11(12)16/h2-3,6,8,10H,4-5,7H2,1H3,(H,19,21)(H3,17,18,22)/t8-,10-/m1/s1. The number of hydrogen-bond acceptors (Lipinski definition) is 3. The molecule has 0 aromatic heterocycles. The Kier molecular flexibility index (Phi) is 4.79. The van der Waals surface area contributed by atoms with Crippen LogP contribution in [0.25, 0.3) is 0 Å². The van der Waals surface area contributed by atoms with Gasteiger partial charge in [0.25, 0.3) is 0 Å². The molecule has 2 atom stereocenters. The number of carbonyl (C=O) groups excluding carboxylic acids is 2. The number of carbonyl (C=O) groups is 2. The van der Waals surface area contributed by atoms with Gasteiger partial charge in [0.1, 0.15) is 17.7 Å². The highest BCUT2D eigenvalue weighted by molar-refractivity contribution is 5.86. The van der Waals surface area contributed by atoms with Crippen molar-refractivity contribution < 1.29 is 18.4 Å². The Hall–Kier alpha value is -2.38. The van der Waals surface area contributed by atoms with Crippen LogP contribution in [-0.4, -0.2) is 37.1 Å². The van der Waals surface area contributed by atoms with Crippen LogP contribution in [0.1, 0.15) is 13.3 Å². The van der Waals surface area contributed by atoms with E-state index >= 15 is 0 Å². The van der Waals surface area contributed by atoms with Crippen molar-refractivity contribution in [2.24, 2.45) is 5.73 Å². The monoisotopic (exact) mass is 312 g/mol. The predicted molar refractivity (Wildman–Crippen MR) is 77.3 cm³/mol. The van der Waals surface area contributed by atoms with Crippen molar-refractivity contribution in [3.05, 3.63) is 29.8 Å². The number of nitrogens with zero attached hydrogens (tertiary/aromatic N) is 1. The molecule has 1 heterocycles. The summed E-state index contributed by atoms with van der Waals surface area (Å²) in [5.41, 5.74) is 5.26. The van der Waals surface area contributed by atoms with Crippen molar-refractivity contribution in [1.29, 1.82) is 0 Å². The fourth-order valence-corrected chi connectivity index (χ4v) is 2.44. The van der Waals surface area contributed by atoms with Crippen LogP contribution in [0.2, 0.25) is 0 Å². The molecule has 0 spiro atoms. The van der Waals surface area contributed by atoms with Crippen LogP contribution in [0.5, 0.6) is 0 Å². The van der Waals surface area contributed by atoms with Crippen LogP contribution in [0.15, 0.2) is 18.2 Å². The summed E-state index contributed by atoms with van der Waals surface area (Å²) in [6.45, 7) is 2.48. The van der Waals surface area contributed by atoms with Crippen molar-refractivity contribution in [3.8, 4) is 0 Å². The first kappa shape index (κ1) is 16.0. The average molecular weight is 312 g/mol. The number of benzene rings is 1. The van der Waals surface area contributed by atoms with Crippen molar-refractivity contribution in [2.45, 2.75) is 25.4 Å². The first-order chi connectivity index (χ1) is 10.4. The maximum Gasteiger partial charge on any atom is 0.312 e. The molecule has 8 heteroatoms. The van der Waals surface area contributed by atoms with Gasteiger partial charge in [-0.05, 0) is 25.5 Å². The fourth-order valence-electron chi connectivity index (χ4n) is 2.44. The van der Waals surface area contributed by atoms with Crippen molar-refractivity contribution in [2.75, 3.05) is 18.0 Å². The summed E-state index contributed by atoms with van der Waals surface area (Å²) in [7, 11) is 0. The lowest BCUT2D eigenvalue weighted by Crippen LogP contribution is -2.50. The first-order valence-corrected chi connectivity index (χ1v) is 6.93. The molecule has 0 aliphatic carbocycles. The molecule has 1 aliphatic rings. The Morgan fingerprint density at radius 1 is 1.41 bits per heavy atom. The van der Waals surface area contributed by atoms with Crippen LogP contribution < -0.4 is 21.3 Å². The molecule has 120 valence electrons. The summed E-state index contributed by atoms with van der Waals surface area (Å²) in [5.74, 6) is -1.61. The molecule has 1 aliphatic heterocycles. The van der Waals surface area contributed by atoms with Gasteiger partial charge in [-0.1, -0.05) is 0 Å². The van der Waals surface area contributed by atoms with Gasteiger partial charge in [-0.3, -0.25) is 4.79 Å². The second-order valence-electron chi connectivity index (χ2n) is 5.27. The summed E-state index contributed by atoms with van der Waals surface area (Å²) >= 11 is 0. The van der Waals surface area contributed by atoms with E-state index < -0.39 is 23.7 Å². The number of rotatable bonds is 4. The smallest absolute Gasteiger partial charge is 0.312 e. The molecule has 0 unspecified atom stereocenters. The first-order valence-electron chi connectivity index (χ1n) is 6.93. The Balaban J connectivity index is 1.92. The molecular formula is C14H18F2N4O2. The number of amides is 3. The van der Waals surface area contributed by atoms with E-state index in [9.17, 15) is 18.4 Å². The SMILES string of the molecule is C[C@@H](NC(N)=O)C(=O)N[C@@H]1CCN(c2ccc(F)cc2F)C1. The van der Waals surface area contributed by atoms with Crippen LogP contribution >= 0.6 is 0 Å². The van der Waals surface area contributed by atoms with Gasteiger partial charge in [-0.2, -0.15) is 0 Å². The lowest BCUT2D eigenvalue weighted by Gasteiger charge is -2.20. The third kappa shape index (κ3) is 3.84. The zero-order valence-electron chi connectivity index (χ0n) is 12.1. The van der Waals surface area contributed by atoms with E-state index in [4.69, 9.17) is 5.73 Å². The van der Waals surface area contributed by atoms with E-state index in [0.29, 0.717) is 25.2 Å². The molecule has 22 heavy (non-hydrogen) atoms. The number of nitrogens with one attached hydrogen (secondary N) is 2. The van der Waals surface area contributed by atoms with Crippen LogP contribution in [0.3, 0.4) is 0 Å². The summed E-state index contributed by atoms with van der Waals surface area (Å²) in [5, 5.41) is 5.05. The Labute approximate surface area is 126 Å². The molecule has 2 rings (SSSR count). The molecule has 1 saturated heterocycles. The number of urea groups is 1. The lowest BCUT2D eigenvalue weighted by atomic mass is 10.2. The van der Waals surface area contributed by atoms with Gasteiger partial charge in [0.15, 0.2) is 0 Å². The Morgan fingerprint density at radius 2 is 2.14 bits per heavy atom. The molecular weight excluding hydrogens is 294 g/mol. The number of hydrogen-bond donors (Lipinski definition) is 3. The topological polar surface area (TPSA) is 87.5 Å². The van der Waals surface area contributed by atoms with E-state index in [2.05, 4.69) is 10.6 Å². The van der Waals surface area contributed by atoms with E-state index in [0.717, 1.165) is 6.07 Å². The summed E-state index contributed by atoms with van der Waals surface area (Å²) < 4.78 is 26.6. The number of halogens is 2. The van der Waals surface area contributed by atoms with E-state index in [1.807, 2.05) is 0 Å². The molecule has 0 bridgehead atoms. The minimum Gasteiger partial charge on any atom is -0.367 e. The van der Waals surface area contributed by atoms with Crippen LogP contribution in [0, 0.1) is 11.6 Å². The largest absolute Gasteiger partial charge is 0.367 e. The second-order valence-corrected chi connectivity index (χ2v) is 5.27. The maximum absolute atomic E-state index is 13.7.